The third-order valence-electron chi connectivity index (χ3n) is 3.62. The van der Waals surface area contributed by atoms with Gasteiger partial charge in [0.1, 0.15) is 5.76 Å². The molecule has 0 aliphatic heterocycles. The van der Waals surface area contributed by atoms with Crippen LogP contribution in [-0.2, 0) is 11.2 Å². The van der Waals surface area contributed by atoms with Crippen molar-refractivity contribution in [3.05, 3.63) is 65.8 Å². The maximum atomic E-state index is 12.2. The van der Waals surface area contributed by atoms with Crippen molar-refractivity contribution in [2.75, 3.05) is 5.32 Å². The van der Waals surface area contributed by atoms with Crippen LogP contribution in [0.5, 0.6) is 0 Å². The normalized spacial score (nSPS) is 10.8. The molecule has 0 radical (unpaired) electrons. The molecule has 1 N–H and O–H groups in total. The Kier molecular flexibility index (Phi) is 4.32. The van der Waals surface area contributed by atoms with Gasteiger partial charge in [-0.25, -0.2) is 14.6 Å². The second-order valence-corrected chi connectivity index (χ2v) is 6.49. The van der Waals surface area contributed by atoms with E-state index < -0.39 is 0 Å². The molecule has 26 heavy (non-hydrogen) atoms. The van der Waals surface area contributed by atoms with E-state index in [1.807, 2.05) is 30.5 Å². The Hall–Kier alpha value is -3.26. The van der Waals surface area contributed by atoms with Crippen molar-refractivity contribution >= 4 is 22.9 Å². The molecule has 7 nitrogen and oxygen atoms in total. The summed E-state index contributed by atoms with van der Waals surface area (Å²) < 4.78 is 7.21. The molecule has 0 aromatic carbocycles. The molecular weight excluding hydrogens is 350 g/mol. The first-order valence-electron chi connectivity index (χ1n) is 7.94. The molecule has 0 aliphatic carbocycles. The molecule has 8 heteroatoms. The van der Waals surface area contributed by atoms with Crippen LogP contribution in [0.2, 0.25) is 0 Å². The SMILES string of the molecule is Cc1ccc(-c2nc(CC(=O)Nc3ccc(-n4cccn4)nc3)cs2)o1. The quantitative estimate of drug-likeness (QED) is 0.585. The van der Waals surface area contributed by atoms with Crippen LogP contribution in [0.1, 0.15) is 11.5 Å². The Labute approximate surface area is 153 Å². The van der Waals surface area contributed by atoms with Crippen molar-refractivity contribution in [1.82, 2.24) is 19.7 Å². The van der Waals surface area contributed by atoms with Crippen molar-refractivity contribution in [2.45, 2.75) is 13.3 Å². The van der Waals surface area contributed by atoms with Crippen molar-refractivity contribution in [1.29, 1.82) is 0 Å². The Morgan fingerprint density at radius 3 is 2.92 bits per heavy atom. The average molecular weight is 365 g/mol. The minimum Gasteiger partial charge on any atom is -0.459 e. The number of thiazole rings is 1. The third kappa shape index (κ3) is 3.55. The van der Waals surface area contributed by atoms with Gasteiger partial charge in [-0.15, -0.1) is 11.3 Å². The topological polar surface area (TPSA) is 85.8 Å². The van der Waals surface area contributed by atoms with Crippen LogP contribution in [0.3, 0.4) is 0 Å². The van der Waals surface area contributed by atoms with E-state index in [4.69, 9.17) is 4.42 Å². The largest absolute Gasteiger partial charge is 0.459 e. The number of nitrogens with one attached hydrogen (secondary N) is 1. The van der Waals surface area contributed by atoms with Gasteiger partial charge in [0.15, 0.2) is 16.6 Å². The van der Waals surface area contributed by atoms with Crippen molar-refractivity contribution < 1.29 is 9.21 Å². The highest BCUT2D eigenvalue weighted by Crippen LogP contribution is 2.25. The van der Waals surface area contributed by atoms with Crippen molar-refractivity contribution in [3.63, 3.8) is 0 Å². The first-order valence-corrected chi connectivity index (χ1v) is 8.82. The smallest absolute Gasteiger partial charge is 0.230 e. The minimum atomic E-state index is -0.147. The molecular formula is C18H15N5O2S. The standard InChI is InChI=1S/C18H15N5O2S/c1-12-3-5-15(25-12)18-22-14(11-26-18)9-17(24)21-13-4-6-16(19-10-13)23-8-2-7-20-23/h2-8,10-11H,9H2,1H3,(H,21,24). The van der Waals surface area contributed by atoms with Crippen LogP contribution in [0, 0.1) is 6.92 Å². The number of hydrogen-bond donors (Lipinski definition) is 1. The Balaban J connectivity index is 1.39. The van der Waals surface area contributed by atoms with E-state index in [1.54, 1.807) is 35.4 Å². The number of amides is 1. The summed E-state index contributed by atoms with van der Waals surface area (Å²) in [6, 6.07) is 9.18. The van der Waals surface area contributed by atoms with Crippen molar-refractivity contribution in [3.8, 4) is 16.6 Å². The Morgan fingerprint density at radius 1 is 1.31 bits per heavy atom. The van der Waals surface area contributed by atoms with E-state index in [-0.39, 0.29) is 12.3 Å². The van der Waals surface area contributed by atoms with Crippen LogP contribution in [0.25, 0.3) is 16.6 Å². The molecule has 0 spiro atoms. The highest BCUT2D eigenvalue weighted by molar-refractivity contribution is 7.13. The molecule has 0 unspecified atom stereocenters. The van der Waals surface area contributed by atoms with Gasteiger partial charge in [0.2, 0.25) is 5.91 Å². The summed E-state index contributed by atoms with van der Waals surface area (Å²) >= 11 is 1.46. The van der Waals surface area contributed by atoms with Crippen molar-refractivity contribution in [2.24, 2.45) is 0 Å². The van der Waals surface area contributed by atoms with Gasteiger partial charge in [0, 0.05) is 17.8 Å². The molecule has 0 atom stereocenters. The van der Waals surface area contributed by atoms with Crippen LogP contribution in [0.15, 0.2) is 58.7 Å². The lowest BCUT2D eigenvalue weighted by Gasteiger charge is -2.05. The first-order chi connectivity index (χ1) is 12.7. The number of rotatable bonds is 5. The van der Waals surface area contributed by atoms with E-state index in [9.17, 15) is 4.79 Å². The molecule has 0 saturated heterocycles. The van der Waals surface area contributed by atoms with Gasteiger partial charge >= 0.3 is 0 Å². The number of hydrogen-bond acceptors (Lipinski definition) is 6. The van der Waals surface area contributed by atoms with Gasteiger partial charge in [-0.3, -0.25) is 4.79 Å². The molecule has 0 fully saturated rings. The lowest BCUT2D eigenvalue weighted by Crippen LogP contribution is -2.15. The Morgan fingerprint density at radius 2 is 2.23 bits per heavy atom. The molecule has 0 saturated carbocycles. The van der Waals surface area contributed by atoms with Crippen LogP contribution >= 0.6 is 11.3 Å². The number of aryl methyl sites for hydroxylation is 1. The molecule has 4 aromatic rings. The maximum absolute atomic E-state index is 12.2. The zero-order valence-electron chi connectivity index (χ0n) is 13.9. The highest BCUT2D eigenvalue weighted by atomic mass is 32.1. The number of aromatic nitrogens is 4. The molecule has 0 bridgehead atoms. The van der Waals surface area contributed by atoms with Gasteiger partial charge < -0.3 is 9.73 Å². The third-order valence-corrected chi connectivity index (χ3v) is 4.52. The monoisotopic (exact) mass is 365 g/mol. The summed E-state index contributed by atoms with van der Waals surface area (Å²) in [5.74, 6) is 2.09. The van der Waals surface area contributed by atoms with Crippen LogP contribution in [0.4, 0.5) is 5.69 Å². The molecule has 130 valence electrons. The predicted molar refractivity (Wildman–Crippen MR) is 98.2 cm³/mol. The second kappa shape index (κ2) is 6.93. The molecule has 4 heterocycles. The highest BCUT2D eigenvalue weighted by Gasteiger charge is 2.11. The predicted octanol–water partition coefficient (Wildman–Crippen LogP) is 3.47. The summed E-state index contributed by atoms with van der Waals surface area (Å²) in [5, 5.41) is 9.58. The number of carbonyl (C=O) groups excluding carboxylic acids is 1. The molecule has 4 aromatic heterocycles. The second-order valence-electron chi connectivity index (χ2n) is 5.63. The average Bonchev–Trinajstić information content (AvgIpc) is 3.37. The van der Waals surface area contributed by atoms with E-state index in [0.717, 1.165) is 16.5 Å². The summed E-state index contributed by atoms with van der Waals surface area (Å²) in [7, 11) is 0. The fraction of sp³-hybridized carbons (Fsp3) is 0.111. The number of furan rings is 1. The first kappa shape index (κ1) is 16.2. The van der Waals surface area contributed by atoms with Crippen LogP contribution in [-0.4, -0.2) is 25.7 Å². The molecule has 0 aliphatic rings. The van der Waals surface area contributed by atoms with Gasteiger partial charge in [-0.2, -0.15) is 5.10 Å². The van der Waals surface area contributed by atoms with E-state index in [2.05, 4.69) is 20.4 Å². The van der Waals surface area contributed by atoms with Gasteiger partial charge in [-0.05, 0) is 37.3 Å². The number of nitrogens with zero attached hydrogens (tertiary/aromatic N) is 4. The number of carbonyl (C=O) groups is 1. The Bertz CT molecular complexity index is 1020. The summed E-state index contributed by atoms with van der Waals surface area (Å²) in [4.78, 5) is 21.0. The summed E-state index contributed by atoms with van der Waals surface area (Å²) in [6.07, 6.45) is 5.29. The fourth-order valence-electron chi connectivity index (χ4n) is 2.42. The van der Waals surface area contributed by atoms with Gasteiger partial charge in [0.05, 0.1) is 24.0 Å². The summed E-state index contributed by atoms with van der Waals surface area (Å²) in [6.45, 7) is 1.89. The van der Waals surface area contributed by atoms with Crippen LogP contribution < -0.4 is 5.32 Å². The molecule has 4 rings (SSSR count). The lowest BCUT2D eigenvalue weighted by molar-refractivity contribution is -0.115. The number of pyridine rings is 1. The molecule has 1 amide bonds. The van der Waals surface area contributed by atoms with E-state index >= 15 is 0 Å². The van der Waals surface area contributed by atoms with E-state index in [0.29, 0.717) is 17.2 Å². The van der Waals surface area contributed by atoms with Gasteiger partial charge in [0.25, 0.3) is 0 Å². The minimum absolute atomic E-state index is 0.147. The zero-order chi connectivity index (χ0) is 17.9. The maximum Gasteiger partial charge on any atom is 0.230 e. The van der Waals surface area contributed by atoms with Gasteiger partial charge in [-0.1, -0.05) is 0 Å². The zero-order valence-corrected chi connectivity index (χ0v) is 14.7. The number of anilines is 1. The van der Waals surface area contributed by atoms with E-state index in [1.165, 1.54) is 11.3 Å². The lowest BCUT2D eigenvalue weighted by atomic mass is 10.3. The fourth-order valence-corrected chi connectivity index (χ4v) is 3.20. The summed E-state index contributed by atoms with van der Waals surface area (Å²) in [5.41, 5.74) is 1.33.